The van der Waals surface area contributed by atoms with Gasteiger partial charge < -0.3 is 0 Å². The first-order chi connectivity index (χ1) is 6.15. The van der Waals surface area contributed by atoms with Crippen LogP contribution in [0.3, 0.4) is 0 Å². The SMILES string of the molecule is CCC(CC)N(CCCl)CC(F)F. The summed E-state index contributed by atoms with van der Waals surface area (Å²) in [6.45, 7) is 4.43. The average Bonchev–Trinajstić information content (AvgIpc) is 2.05. The zero-order valence-corrected chi connectivity index (χ0v) is 9.03. The topological polar surface area (TPSA) is 3.24 Å². The first kappa shape index (κ1) is 13.1. The quantitative estimate of drug-likeness (QED) is 0.588. The molecule has 0 fully saturated rings. The van der Waals surface area contributed by atoms with Crippen LogP contribution < -0.4 is 0 Å². The Labute approximate surface area is 84.1 Å². The van der Waals surface area contributed by atoms with E-state index in [4.69, 9.17) is 11.6 Å². The van der Waals surface area contributed by atoms with E-state index in [9.17, 15) is 8.78 Å². The van der Waals surface area contributed by atoms with E-state index in [1.807, 2.05) is 13.8 Å². The van der Waals surface area contributed by atoms with Gasteiger partial charge in [0.1, 0.15) is 0 Å². The summed E-state index contributed by atoms with van der Waals surface area (Å²) in [5.74, 6) is 0.420. The molecule has 0 aliphatic carbocycles. The highest BCUT2D eigenvalue weighted by Crippen LogP contribution is 2.10. The largest absolute Gasteiger partial charge is 0.294 e. The minimum atomic E-state index is -2.26. The molecule has 0 radical (unpaired) electrons. The molecule has 0 unspecified atom stereocenters. The van der Waals surface area contributed by atoms with Crippen LogP contribution in [0.4, 0.5) is 8.78 Å². The van der Waals surface area contributed by atoms with Gasteiger partial charge in [0.05, 0.1) is 6.54 Å². The minimum Gasteiger partial charge on any atom is -0.294 e. The van der Waals surface area contributed by atoms with Crippen LogP contribution in [0.25, 0.3) is 0 Å². The van der Waals surface area contributed by atoms with Gasteiger partial charge in [0, 0.05) is 18.5 Å². The van der Waals surface area contributed by atoms with Gasteiger partial charge in [0.2, 0.25) is 0 Å². The third-order valence-corrected chi connectivity index (χ3v) is 2.37. The first-order valence-corrected chi connectivity index (χ1v) is 5.27. The third kappa shape index (κ3) is 5.42. The molecule has 1 nitrogen and oxygen atoms in total. The van der Waals surface area contributed by atoms with E-state index in [0.717, 1.165) is 12.8 Å². The highest BCUT2D eigenvalue weighted by Gasteiger charge is 2.18. The molecule has 0 aliphatic heterocycles. The standard InChI is InChI=1S/C9H18ClF2N/c1-3-8(4-2)13(6-5-10)7-9(11)12/h8-9H,3-7H2,1-2H3. The summed E-state index contributed by atoms with van der Waals surface area (Å²) in [6, 6.07) is 0.243. The van der Waals surface area contributed by atoms with Crippen molar-refractivity contribution in [1.82, 2.24) is 4.90 Å². The Hall–Kier alpha value is 0.110. The van der Waals surface area contributed by atoms with Crippen molar-refractivity contribution >= 4 is 11.6 Å². The van der Waals surface area contributed by atoms with Gasteiger partial charge in [-0.1, -0.05) is 13.8 Å². The molecule has 0 rings (SSSR count). The number of rotatable bonds is 7. The highest BCUT2D eigenvalue weighted by atomic mass is 35.5. The summed E-state index contributed by atoms with van der Waals surface area (Å²) in [4.78, 5) is 1.78. The van der Waals surface area contributed by atoms with E-state index >= 15 is 0 Å². The molecule has 4 heteroatoms. The highest BCUT2D eigenvalue weighted by molar-refractivity contribution is 6.18. The maximum absolute atomic E-state index is 12.2. The van der Waals surface area contributed by atoms with Crippen LogP contribution in [-0.4, -0.2) is 36.3 Å². The summed E-state index contributed by atoms with van der Waals surface area (Å²) in [5, 5.41) is 0. The fraction of sp³-hybridized carbons (Fsp3) is 1.00. The fourth-order valence-electron chi connectivity index (χ4n) is 1.51. The molecule has 0 saturated carbocycles. The normalized spacial score (nSPS) is 12.0. The summed E-state index contributed by atoms with van der Waals surface area (Å²) < 4.78 is 24.3. The molecule has 0 aromatic heterocycles. The van der Waals surface area contributed by atoms with E-state index in [-0.39, 0.29) is 12.6 Å². The molecule has 0 amide bonds. The predicted octanol–water partition coefficient (Wildman–Crippen LogP) is 2.98. The Bertz CT molecular complexity index is 118. The zero-order valence-electron chi connectivity index (χ0n) is 8.27. The van der Waals surface area contributed by atoms with Crippen molar-refractivity contribution in [2.75, 3.05) is 19.0 Å². The molecule has 0 aliphatic rings. The van der Waals surface area contributed by atoms with Crippen molar-refractivity contribution < 1.29 is 8.78 Å². The number of halogens is 3. The second-order valence-electron chi connectivity index (χ2n) is 3.05. The van der Waals surface area contributed by atoms with Crippen LogP contribution in [0.2, 0.25) is 0 Å². The Morgan fingerprint density at radius 3 is 2.08 bits per heavy atom. The second kappa shape index (κ2) is 7.51. The summed E-state index contributed by atoms with van der Waals surface area (Å²) in [5.41, 5.74) is 0. The van der Waals surface area contributed by atoms with Gasteiger partial charge in [-0.25, -0.2) is 8.78 Å². The van der Waals surface area contributed by atoms with Gasteiger partial charge in [-0.2, -0.15) is 0 Å². The van der Waals surface area contributed by atoms with E-state index in [1.165, 1.54) is 0 Å². The average molecular weight is 214 g/mol. The Morgan fingerprint density at radius 1 is 1.23 bits per heavy atom. The van der Waals surface area contributed by atoms with Crippen molar-refractivity contribution in [3.8, 4) is 0 Å². The van der Waals surface area contributed by atoms with E-state index in [0.29, 0.717) is 12.4 Å². The van der Waals surface area contributed by atoms with Crippen molar-refractivity contribution in [2.45, 2.75) is 39.2 Å². The van der Waals surface area contributed by atoms with Gasteiger partial charge in [0.15, 0.2) is 0 Å². The van der Waals surface area contributed by atoms with Crippen LogP contribution in [-0.2, 0) is 0 Å². The summed E-state index contributed by atoms with van der Waals surface area (Å²) in [6.07, 6.45) is -0.455. The van der Waals surface area contributed by atoms with Crippen molar-refractivity contribution in [2.24, 2.45) is 0 Å². The smallest absolute Gasteiger partial charge is 0.251 e. The number of hydrogen-bond acceptors (Lipinski definition) is 1. The molecule has 0 atom stereocenters. The van der Waals surface area contributed by atoms with Crippen molar-refractivity contribution in [3.63, 3.8) is 0 Å². The van der Waals surface area contributed by atoms with Gasteiger partial charge in [0.25, 0.3) is 6.43 Å². The summed E-state index contributed by atoms with van der Waals surface area (Å²) in [7, 11) is 0. The van der Waals surface area contributed by atoms with Gasteiger partial charge in [-0.3, -0.25) is 4.90 Å². The maximum Gasteiger partial charge on any atom is 0.251 e. The van der Waals surface area contributed by atoms with Gasteiger partial charge in [-0.05, 0) is 12.8 Å². The minimum absolute atomic E-state index is 0.154. The lowest BCUT2D eigenvalue weighted by Crippen LogP contribution is -2.39. The Balaban J connectivity index is 4.03. The Kier molecular flexibility index (Phi) is 7.57. The molecule has 80 valence electrons. The monoisotopic (exact) mass is 213 g/mol. The lowest BCUT2D eigenvalue weighted by molar-refractivity contribution is 0.0667. The third-order valence-electron chi connectivity index (χ3n) is 2.20. The molecule has 0 aromatic rings. The maximum atomic E-state index is 12.2. The lowest BCUT2D eigenvalue weighted by atomic mass is 10.1. The van der Waals surface area contributed by atoms with E-state index in [2.05, 4.69) is 0 Å². The second-order valence-corrected chi connectivity index (χ2v) is 3.42. The van der Waals surface area contributed by atoms with Crippen LogP contribution in [0, 0.1) is 0 Å². The molecule has 0 saturated heterocycles. The number of nitrogens with zero attached hydrogens (tertiary/aromatic N) is 1. The molecule has 0 N–H and O–H groups in total. The molecule has 0 spiro atoms. The van der Waals surface area contributed by atoms with Crippen LogP contribution in [0.1, 0.15) is 26.7 Å². The molecule has 0 aromatic carbocycles. The van der Waals surface area contributed by atoms with Crippen molar-refractivity contribution in [3.05, 3.63) is 0 Å². The van der Waals surface area contributed by atoms with Gasteiger partial charge in [-0.15, -0.1) is 11.6 Å². The zero-order chi connectivity index (χ0) is 10.3. The van der Waals surface area contributed by atoms with Crippen molar-refractivity contribution in [1.29, 1.82) is 0 Å². The molecule has 0 bridgehead atoms. The van der Waals surface area contributed by atoms with E-state index < -0.39 is 6.43 Å². The van der Waals surface area contributed by atoms with Crippen LogP contribution in [0.5, 0.6) is 0 Å². The van der Waals surface area contributed by atoms with Crippen LogP contribution in [0.15, 0.2) is 0 Å². The van der Waals surface area contributed by atoms with E-state index in [1.54, 1.807) is 4.90 Å². The lowest BCUT2D eigenvalue weighted by Gasteiger charge is -2.29. The van der Waals surface area contributed by atoms with Crippen LogP contribution >= 0.6 is 11.6 Å². The molecular formula is C9H18ClF2N. The molecule has 0 heterocycles. The predicted molar refractivity (Wildman–Crippen MR) is 52.7 cm³/mol. The molecular weight excluding hydrogens is 196 g/mol. The number of hydrogen-bond donors (Lipinski definition) is 0. The first-order valence-electron chi connectivity index (χ1n) is 4.73. The van der Waals surface area contributed by atoms with Gasteiger partial charge >= 0.3 is 0 Å². The fourth-order valence-corrected chi connectivity index (χ4v) is 1.73. The molecule has 13 heavy (non-hydrogen) atoms. The Morgan fingerprint density at radius 2 is 1.77 bits per heavy atom. The summed E-state index contributed by atoms with van der Waals surface area (Å²) >= 11 is 5.55. The number of alkyl halides is 3.